The van der Waals surface area contributed by atoms with Gasteiger partial charge in [0, 0.05) is 22.4 Å². The number of anilines is 1. The van der Waals surface area contributed by atoms with Gasteiger partial charge in [0.05, 0.1) is 12.8 Å². The molecule has 108 valence electrons. The second-order valence-electron chi connectivity index (χ2n) is 4.52. The summed E-state index contributed by atoms with van der Waals surface area (Å²) in [4.78, 5) is 12.1. The van der Waals surface area contributed by atoms with Crippen molar-refractivity contribution in [3.63, 3.8) is 0 Å². The largest absolute Gasteiger partial charge is 0.495 e. The molecule has 1 N–H and O–H groups in total. The summed E-state index contributed by atoms with van der Waals surface area (Å²) >= 11 is 5.81. The molecular formula is C17H16ClNO2. The van der Waals surface area contributed by atoms with Crippen molar-refractivity contribution in [2.75, 3.05) is 12.4 Å². The fourth-order valence-electron chi connectivity index (χ4n) is 1.89. The molecule has 0 aromatic heterocycles. The Morgan fingerprint density at radius 3 is 2.48 bits per heavy atom. The molecule has 2 rings (SSSR count). The predicted molar refractivity (Wildman–Crippen MR) is 86.2 cm³/mol. The van der Waals surface area contributed by atoms with Crippen molar-refractivity contribution >= 4 is 23.1 Å². The first kappa shape index (κ1) is 15.1. The van der Waals surface area contributed by atoms with Gasteiger partial charge in [-0.1, -0.05) is 23.7 Å². The van der Waals surface area contributed by atoms with Crippen LogP contribution in [0.3, 0.4) is 0 Å². The molecule has 0 heterocycles. The quantitative estimate of drug-likeness (QED) is 0.650. The maximum Gasteiger partial charge on any atom is 0.187 e. The number of carbonyl (C=O) groups excluding carboxylic acids is 1. The molecule has 0 fully saturated rings. The zero-order chi connectivity index (χ0) is 15.2. The highest BCUT2D eigenvalue weighted by molar-refractivity contribution is 6.30. The number of methoxy groups -OCH3 is 1. The molecule has 0 radical (unpaired) electrons. The number of carbonyl (C=O) groups is 1. The molecule has 0 aliphatic carbocycles. The summed E-state index contributed by atoms with van der Waals surface area (Å²) in [5, 5.41) is 3.77. The van der Waals surface area contributed by atoms with Crippen LogP contribution in [0.15, 0.2) is 60.3 Å². The number of benzene rings is 2. The van der Waals surface area contributed by atoms with Gasteiger partial charge in [-0.15, -0.1) is 0 Å². The molecule has 3 nitrogen and oxygen atoms in total. The predicted octanol–water partition coefficient (Wildman–Crippen LogP) is 4.55. The molecule has 2 aromatic carbocycles. The molecule has 0 bridgehead atoms. The van der Waals surface area contributed by atoms with Crippen LogP contribution in [0.25, 0.3) is 0 Å². The molecular weight excluding hydrogens is 286 g/mol. The summed E-state index contributed by atoms with van der Waals surface area (Å²) in [6, 6.07) is 14.4. The van der Waals surface area contributed by atoms with E-state index in [0.29, 0.717) is 10.6 Å². The van der Waals surface area contributed by atoms with Crippen LogP contribution in [0.2, 0.25) is 5.02 Å². The summed E-state index contributed by atoms with van der Waals surface area (Å²) in [7, 11) is 1.61. The first-order valence-corrected chi connectivity index (χ1v) is 6.86. The topological polar surface area (TPSA) is 38.3 Å². The third-order valence-corrected chi connectivity index (χ3v) is 3.17. The fraction of sp³-hybridized carbons (Fsp3) is 0.118. The van der Waals surface area contributed by atoms with Gasteiger partial charge in [0.1, 0.15) is 5.75 Å². The zero-order valence-electron chi connectivity index (χ0n) is 11.9. The van der Waals surface area contributed by atoms with Gasteiger partial charge in [0.15, 0.2) is 5.78 Å². The van der Waals surface area contributed by atoms with Crippen LogP contribution >= 0.6 is 11.6 Å². The number of rotatable bonds is 5. The van der Waals surface area contributed by atoms with E-state index in [0.717, 1.165) is 17.1 Å². The smallest absolute Gasteiger partial charge is 0.187 e. The molecule has 0 unspecified atom stereocenters. The molecule has 21 heavy (non-hydrogen) atoms. The van der Waals surface area contributed by atoms with Gasteiger partial charge >= 0.3 is 0 Å². The van der Waals surface area contributed by atoms with E-state index in [4.69, 9.17) is 16.3 Å². The van der Waals surface area contributed by atoms with E-state index in [1.54, 1.807) is 37.5 Å². The molecule has 0 saturated carbocycles. The molecule has 2 aromatic rings. The van der Waals surface area contributed by atoms with Gasteiger partial charge in [0.25, 0.3) is 0 Å². The van der Waals surface area contributed by atoms with E-state index in [1.165, 1.54) is 0 Å². The third-order valence-electron chi connectivity index (χ3n) is 2.92. The normalized spacial score (nSPS) is 11.1. The monoisotopic (exact) mass is 301 g/mol. The first-order chi connectivity index (χ1) is 10.1. The van der Waals surface area contributed by atoms with Gasteiger partial charge < -0.3 is 10.1 Å². The Morgan fingerprint density at radius 1 is 1.14 bits per heavy atom. The minimum Gasteiger partial charge on any atom is -0.495 e. The molecule has 0 amide bonds. The summed E-state index contributed by atoms with van der Waals surface area (Å²) in [5.74, 6) is 0.649. The maximum absolute atomic E-state index is 12.1. The standard InChI is InChI=1S/C17H16ClNO2/c1-12(19-15-5-3-4-6-17(15)21-2)11-16(20)13-7-9-14(18)10-8-13/h3-11,19H,1-2H3. The van der Waals surface area contributed by atoms with Crippen molar-refractivity contribution in [1.29, 1.82) is 0 Å². The van der Waals surface area contributed by atoms with E-state index < -0.39 is 0 Å². The lowest BCUT2D eigenvalue weighted by Gasteiger charge is -2.10. The summed E-state index contributed by atoms with van der Waals surface area (Å²) in [6.45, 7) is 1.83. The summed E-state index contributed by atoms with van der Waals surface area (Å²) < 4.78 is 5.26. The van der Waals surface area contributed by atoms with Gasteiger partial charge in [0.2, 0.25) is 0 Å². The minimum absolute atomic E-state index is 0.0773. The number of allylic oxidation sites excluding steroid dienone is 2. The lowest BCUT2D eigenvalue weighted by molar-refractivity contribution is 0.104. The second kappa shape index (κ2) is 6.95. The fourth-order valence-corrected chi connectivity index (χ4v) is 2.02. The van der Waals surface area contributed by atoms with Gasteiger partial charge in [-0.05, 0) is 43.3 Å². The van der Waals surface area contributed by atoms with Crippen LogP contribution in [0.5, 0.6) is 5.75 Å². The Balaban J connectivity index is 2.13. The minimum atomic E-state index is -0.0773. The number of hydrogen-bond donors (Lipinski definition) is 1. The summed E-state index contributed by atoms with van der Waals surface area (Å²) in [5.41, 5.74) is 2.15. The van der Waals surface area contributed by atoms with Crippen molar-refractivity contribution in [3.05, 3.63) is 70.9 Å². The number of nitrogens with one attached hydrogen (secondary N) is 1. The highest BCUT2D eigenvalue weighted by Crippen LogP contribution is 2.24. The molecule has 4 heteroatoms. The number of halogens is 1. The van der Waals surface area contributed by atoms with Crippen LogP contribution in [-0.2, 0) is 0 Å². The maximum atomic E-state index is 12.1. The van der Waals surface area contributed by atoms with E-state index in [2.05, 4.69) is 5.32 Å². The van der Waals surface area contributed by atoms with Crippen molar-refractivity contribution in [3.8, 4) is 5.75 Å². The van der Waals surface area contributed by atoms with Gasteiger partial charge in [-0.25, -0.2) is 0 Å². The van der Waals surface area contributed by atoms with Crippen LogP contribution in [0.1, 0.15) is 17.3 Å². The Morgan fingerprint density at radius 2 is 1.81 bits per heavy atom. The Labute approximate surface area is 129 Å². The number of ketones is 1. The molecule has 0 aliphatic heterocycles. The van der Waals surface area contributed by atoms with Gasteiger partial charge in [-0.3, -0.25) is 4.79 Å². The molecule has 0 atom stereocenters. The number of hydrogen-bond acceptors (Lipinski definition) is 3. The highest BCUT2D eigenvalue weighted by Gasteiger charge is 2.05. The van der Waals surface area contributed by atoms with Crippen LogP contribution < -0.4 is 10.1 Å². The molecule has 0 saturated heterocycles. The summed E-state index contributed by atoms with van der Waals surface area (Å²) in [6.07, 6.45) is 1.55. The van der Waals surface area contributed by atoms with E-state index in [1.807, 2.05) is 31.2 Å². The van der Waals surface area contributed by atoms with Crippen molar-refractivity contribution in [2.45, 2.75) is 6.92 Å². The number of para-hydroxylation sites is 2. The van der Waals surface area contributed by atoms with E-state index in [9.17, 15) is 4.79 Å². The number of ether oxygens (including phenoxy) is 1. The Bertz CT molecular complexity index is 663. The van der Waals surface area contributed by atoms with Crippen LogP contribution in [-0.4, -0.2) is 12.9 Å². The van der Waals surface area contributed by atoms with Crippen LogP contribution in [0, 0.1) is 0 Å². The van der Waals surface area contributed by atoms with Crippen molar-refractivity contribution in [1.82, 2.24) is 0 Å². The lowest BCUT2D eigenvalue weighted by atomic mass is 10.1. The highest BCUT2D eigenvalue weighted by atomic mass is 35.5. The first-order valence-electron chi connectivity index (χ1n) is 6.48. The average Bonchev–Trinajstić information content (AvgIpc) is 2.48. The second-order valence-corrected chi connectivity index (χ2v) is 4.96. The van der Waals surface area contributed by atoms with Crippen LogP contribution in [0.4, 0.5) is 5.69 Å². The van der Waals surface area contributed by atoms with Crippen molar-refractivity contribution in [2.24, 2.45) is 0 Å². The van der Waals surface area contributed by atoms with E-state index in [-0.39, 0.29) is 5.78 Å². The SMILES string of the molecule is COc1ccccc1NC(C)=CC(=O)c1ccc(Cl)cc1. The Hall–Kier alpha value is -2.26. The molecule has 0 aliphatic rings. The van der Waals surface area contributed by atoms with Gasteiger partial charge in [-0.2, -0.15) is 0 Å². The lowest BCUT2D eigenvalue weighted by Crippen LogP contribution is -2.02. The Kier molecular flexibility index (Phi) is 5.01. The third kappa shape index (κ3) is 4.10. The van der Waals surface area contributed by atoms with Crippen molar-refractivity contribution < 1.29 is 9.53 Å². The zero-order valence-corrected chi connectivity index (χ0v) is 12.6. The average molecular weight is 302 g/mol. The molecule has 0 spiro atoms. The van der Waals surface area contributed by atoms with E-state index >= 15 is 0 Å².